The number of unbranched alkanes of at least 4 members (excludes halogenated alkanes) is 1. The Kier molecular flexibility index (Phi) is 6.22. The Labute approximate surface area is 153 Å². The van der Waals surface area contributed by atoms with Crippen LogP contribution in [0.15, 0.2) is 48.5 Å². The van der Waals surface area contributed by atoms with E-state index in [1.54, 1.807) is 55.5 Å². The van der Waals surface area contributed by atoms with Gasteiger partial charge < -0.3 is 20.9 Å². The summed E-state index contributed by atoms with van der Waals surface area (Å²) in [6, 6.07) is 13.2. The Morgan fingerprint density at radius 1 is 0.885 bits per heavy atom. The quantitative estimate of drug-likeness (QED) is 0.444. The van der Waals surface area contributed by atoms with Gasteiger partial charge >= 0.3 is 11.9 Å². The summed E-state index contributed by atoms with van der Waals surface area (Å²) >= 11 is 0. The highest BCUT2D eigenvalue weighted by Gasteiger charge is 2.34. The van der Waals surface area contributed by atoms with Crippen molar-refractivity contribution in [1.29, 1.82) is 0 Å². The molecule has 26 heavy (non-hydrogen) atoms. The van der Waals surface area contributed by atoms with Gasteiger partial charge in [-0.25, -0.2) is 9.59 Å². The lowest BCUT2D eigenvalue weighted by Crippen LogP contribution is -2.37. The van der Waals surface area contributed by atoms with Crippen molar-refractivity contribution in [2.75, 3.05) is 11.5 Å². The van der Waals surface area contributed by atoms with Crippen molar-refractivity contribution in [3.8, 4) is 0 Å². The van der Waals surface area contributed by atoms with Gasteiger partial charge in [0, 0.05) is 24.7 Å². The first-order valence-electron chi connectivity index (χ1n) is 8.52. The van der Waals surface area contributed by atoms with Crippen LogP contribution in [0.1, 0.15) is 53.8 Å². The summed E-state index contributed by atoms with van der Waals surface area (Å²) in [6.45, 7) is 3.56. The van der Waals surface area contributed by atoms with E-state index in [4.69, 9.17) is 20.9 Å². The molecule has 138 valence electrons. The molecule has 6 nitrogen and oxygen atoms in total. The molecule has 0 unspecified atom stereocenters. The highest BCUT2D eigenvalue weighted by Crippen LogP contribution is 2.26. The number of carbonyl (C=O) groups is 2. The molecular weight excluding hydrogens is 332 g/mol. The van der Waals surface area contributed by atoms with Crippen LogP contribution in [0.25, 0.3) is 0 Å². The standard InChI is InChI=1S/C20H24N2O4/c1-3-4-13-20(2,25-18(23)14-9-5-7-11-16(14)21)26-19(24)15-10-6-8-12-17(15)22/h5-12H,3-4,13,21-22H2,1-2H3. The van der Waals surface area contributed by atoms with Gasteiger partial charge in [0.2, 0.25) is 0 Å². The second kappa shape index (κ2) is 8.38. The van der Waals surface area contributed by atoms with Gasteiger partial charge in [0.25, 0.3) is 5.79 Å². The van der Waals surface area contributed by atoms with Gasteiger partial charge in [-0.15, -0.1) is 0 Å². The molecule has 0 aromatic heterocycles. The Morgan fingerprint density at radius 2 is 1.31 bits per heavy atom. The fourth-order valence-electron chi connectivity index (χ4n) is 2.49. The third-order valence-electron chi connectivity index (χ3n) is 3.96. The molecule has 0 heterocycles. The maximum Gasteiger partial charge on any atom is 0.343 e. The van der Waals surface area contributed by atoms with Crippen LogP contribution in [0.5, 0.6) is 0 Å². The van der Waals surface area contributed by atoms with Gasteiger partial charge in [0.15, 0.2) is 0 Å². The van der Waals surface area contributed by atoms with Crippen molar-refractivity contribution in [2.24, 2.45) is 0 Å². The Hall–Kier alpha value is -3.02. The van der Waals surface area contributed by atoms with Crippen molar-refractivity contribution in [2.45, 2.75) is 38.9 Å². The summed E-state index contributed by atoms with van der Waals surface area (Å²) in [5.74, 6) is -2.71. The lowest BCUT2D eigenvalue weighted by Gasteiger charge is -2.29. The lowest BCUT2D eigenvalue weighted by molar-refractivity contribution is -0.161. The molecule has 2 aromatic rings. The molecule has 6 heteroatoms. The molecule has 0 fully saturated rings. The maximum absolute atomic E-state index is 12.5. The normalized spacial score (nSPS) is 11.0. The van der Waals surface area contributed by atoms with Gasteiger partial charge in [-0.3, -0.25) is 0 Å². The van der Waals surface area contributed by atoms with Gasteiger partial charge in [0.05, 0.1) is 11.1 Å². The minimum atomic E-state index is -1.42. The van der Waals surface area contributed by atoms with Crippen LogP contribution in [0.4, 0.5) is 11.4 Å². The number of nitrogens with two attached hydrogens (primary N) is 2. The third-order valence-corrected chi connectivity index (χ3v) is 3.96. The number of ether oxygens (including phenoxy) is 2. The van der Waals surface area contributed by atoms with Crippen LogP contribution >= 0.6 is 0 Å². The van der Waals surface area contributed by atoms with Gasteiger partial charge in [-0.05, 0) is 30.7 Å². The summed E-state index contributed by atoms with van der Waals surface area (Å²) in [4.78, 5) is 25.0. The number of para-hydroxylation sites is 2. The Bertz CT molecular complexity index is 729. The fourth-order valence-corrected chi connectivity index (χ4v) is 2.49. The molecule has 2 rings (SSSR count). The van der Waals surface area contributed by atoms with E-state index in [2.05, 4.69) is 0 Å². The Morgan fingerprint density at radius 3 is 1.69 bits per heavy atom. The van der Waals surface area contributed by atoms with Crippen molar-refractivity contribution >= 4 is 23.3 Å². The topological polar surface area (TPSA) is 105 Å². The van der Waals surface area contributed by atoms with E-state index in [-0.39, 0.29) is 11.1 Å². The number of hydrogen-bond donors (Lipinski definition) is 2. The van der Waals surface area contributed by atoms with E-state index < -0.39 is 17.7 Å². The molecular formula is C20H24N2O4. The van der Waals surface area contributed by atoms with Crippen LogP contribution in [-0.4, -0.2) is 17.7 Å². The number of anilines is 2. The minimum Gasteiger partial charge on any atom is -0.419 e. The van der Waals surface area contributed by atoms with Crippen molar-refractivity contribution in [3.63, 3.8) is 0 Å². The zero-order valence-electron chi connectivity index (χ0n) is 15.0. The number of esters is 2. The van der Waals surface area contributed by atoms with E-state index >= 15 is 0 Å². The first-order chi connectivity index (χ1) is 12.4. The number of rotatable bonds is 7. The molecule has 4 N–H and O–H groups in total. The van der Waals surface area contributed by atoms with Gasteiger partial charge in [-0.1, -0.05) is 37.6 Å². The molecule has 0 bridgehead atoms. The van der Waals surface area contributed by atoms with Crippen LogP contribution in [-0.2, 0) is 9.47 Å². The summed E-state index contributed by atoms with van der Waals surface area (Å²) < 4.78 is 11.1. The van der Waals surface area contributed by atoms with E-state index in [0.717, 1.165) is 6.42 Å². The molecule has 2 aromatic carbocycles. The van der Waals surface area contributed by atoms with Crippen molar-refractivity contribution in [1.82, 2.24) is 0 Å². The lowest BCUT2D eigenvalue weighted by atomic mass is 10.1. The highest BCUT2D eigenvalue weighted by molar-refractivity contribution is 5.96. The summed E-state index contributed by atoms with van der Waals surface area (Å²) in [6.07, 6.45) is 1.93. The smallest absolute Gasteiger partial charge is 0.343 e. The fraction of sp³-hybridized carbons (Fsp3) is 0.300. The summed E-state index contributed by atoms with van der Waals surface area (Å²) in [5, 5.41) is 0. The van der Waals surface area contributed by atoms with E-state index in [1.807, 2.05) is 6.92 Å². The van der Waals surface area contributed by atoms with E-state index in [1.165, 1.54) is 0 Å². The molecule has 0 aliphatic rings. The number of nitrogen functional groups attached to an aromatic ring is 2. The second-order valence-electron chi connectivity index (χ2n) is 6.19. The molecule has 0 spiro atoms. The van der Waals surface area contributed by atoms with Gasteiger partial charge in [0.1, 0.15) is 0 Å². The molecule has 0 saturated heterocycles. The van der Waals surface area contributed by atoms with Crippen LogP contribution in [0.3, 0.4) is 0 Å². The average molecular weight is 356 g/mol. The summed E-state index contributed by atoms with van der Waals surface area (Å²) in [7, 11) is 0. The summed E-state index contributed by atoms with van der Waals surface area (Å²) in [5.41, 5.74) is 12.7. The molecule has 0 atom stereocenters. The van der Waals surface area contributed by atoms with Crippen LogP contribution in [0, 0.1) is 0 Å². The van der Waals surface area contributed by atoms with Gasteiger partial charge in [-0.2, -0.15) is 0 Å². The van der Waals surface area contributed by atoms with E-state index in [0.29, 0.717) is 24.2 Å². The van der Waals surface area contributed by atoms with Crippen molar-refractivity contribution in [3.05, 3.63) is 59.7 Å². The number of benzene rings is 2. The predicted octanol–water partition coefficient (Wildman–Crippen LogP) is 3.77. The molecule has 0 aliphatic heterocycles. The molecule has 0 amide bonds. The zero-order chi connectivity index (χ0) is 19.2. The molecule has 0 aliphatic carbocycles. The predicted molar refractivity (Wildman–Crippen MR) is 100 cm³/mol. The number of carbonyl (C=O) groups excluding carboxylic acids is 2. The van der Waals surface area contributed by atoms with Crippen LogP contribution in [0.2, 0.25) is 0 Å². The maximum atomic E-state index is 12.5. The SMILES string of the molecule is CCCCC(C)(OC(=O)c1ccccc1N)OC(=O)c1ccccc1N. The van der Waals surface area contributed by atoms with Crippen LogP contribution < -0.4 is 11.5 Å². The number of hydrogen-bond acceptors (Lipinski definition) is 6. The molecule has 0 radical (unpaired) electrons. The monoisotopic (exact) mass is 356 g/mol. The second-order valence-corrected chi connectivity index (χ2v) is 6.19. The molecule has 0 saturated carbocycles. The Balaban J connectivity index is 2.21. The largest absolute Gasteiger partial charge is 0.419 e. The zero-order valence-corrected chi connectivity index (χ0v) is 15.0. The first-order valence-corrected chi connectivity index (χ1v) is 8.52. The average Bonchev–Trinajstić information content (AvgIpc) is 2.60. The van der Waals surface area contributed by atoms with E-state index in [9.17, 15) is 9.59 Å². The minimum absolute atomic E-state index is 0.227. The first kappa shape index (κ1) is 19.3. The highest BCUT2D eigenvalue weighted by atomic mass is 16.7. The van der Waals surface area contributed by atoms with Crippen molar-refractivity contribution < 1.29 is 19.1 Å². The third kappa shape index (κ3) is 4.75.